The Balaban J connectivity index is 1.60. The lowest BCUT2D eigenvalue weighted by atomic mass is 10.1. The van der Waals surface area contributed by atoms with Gasteiger partial charge in [0.05, 0.1) is 25.1 Å². The number of anilines is 1. The third-order valence-electron chi connectivity index (χ3n) is 3.61. The Morgan fingerprint density at radius 1 is 1.12 bits per heavy atom. The molecule has 6 heteroatoms. The van der Waals surface area contributed by atoms with Crippen LogP contribution in [-0.4, -0.2) is 23.5 Å². The lowest BCUT2D eigenvalue weighted by Crippen LogP contribution is -2.14. The first kappa shape index (κ1) is 17.1. The topological polar surface area (TPSA) is 68.3 Å². The molecule has 1 heterocycles. The van der Waals surface area contributed by atoms with Crippen LogP contribution in [0.4, 0.5) is 5.13 Å². The summed E-state index contributed by atoms with van der Waals surface area (Å²) in [7, 11) is 0. The van der Waals surface area contributed by atoms with Gasteiger partial charge in [-0.1, -0.05) is 42.5 Å². The van der Waals surface area contributed by atoms with Crippen molar-refractivity contribution in [2.45, 2.75) is 19.8 Å². The first-order chi connectivity index (χ1) is 12.1. The summed E-state index contributed by atoms with van der Waals surface area (Å²) in [6.45, 7) is 2.11. The third-order valence-corrected chi connectivity index (χ3v) is 4.41. The molecule has 128 valence electrons. The molecule has 0 atom stereocenters. The van der Waals surface area contributed by atoms with Gasteiger partial charge < -0.3 is 10.1 Å². The predicted octanol–water partition coefficient (Wildman–Crippen LogP) is 3.58. The molecule has 1 amide bonds. The van der Waals surface area contributed by atoms with Crippen molar-refractivity contribution in [1.29, 1.82) is 0 Å². The number of esters is 1. The normalized spacial score (nSPS) is 10.6. The maximum Gasteiger partial charge on any atom is 0.311 e. The minimum atomic E-state index is -0.318. The van der Waals surface area contributed by atoms with Gasteiger partial charge in [0.25, 0.3) is 0 Å². The smallest absolute Gasteiger partial charge is 0.311 e. The van der Waals surface area contributed by atoms with E-state index in [4.69, 9.17) is 4.74 Å². The number of amides is 1. The monoisotopic (exact) mass is 354 g/mol. The van der Waals surface area contributed by atoms with Crippen LogP contribution in [0, 0.1) is 0 Å². The number of carbonyl (C=O) groups is 2. The van der Waals surface area contributed by atoms with Crippen LogP contribution in [0.15, 0.2) is 47.8 Å². The maximum atomic E-state index is 12.2. The van der Waals surface area contributed by atoms with Crippen LogP contribution >= 0.6 is 11.3 Å². The summed E-state index contributed by atoms with van der Waals surface area (Å²) in [6.07, 6.45) is 0.391. The fourth-order valence-electron chi connectivity index (χ4n) is 2.50. The molecule has 25 heavy (non-hydrogen) atoms. The predicted molar refractivity (Wildman–Crippen MR) is 98.7 cm³/mol. The second-order valence-electron chi connectivity index (χ2n) is 5.53. The van der Waals surface area contributed by atoms with Gasteiger partial charge in [-0.25, -0.2) is 4.98 Å². The molecule has 0 aliphatic rings. The van der Waals surface area contributed by atoms with E-state index in [9.17, 15) is 9.59 Å². The van der Waals surface area contributed by atoms with E-state index in [0.717, 1.165) is 16.3 Å². The highest BCUT2D eigenvalue weighted by Gasteiger charge is 2.11. The van der Waals surface area contributed by atoms with E-state index in [1.165, 1.54) is 11.3 Å². The van der Waals surface area contributed by atoms with Crippen LogP contribution in [0.2, 0.25) is 0 Å². The summed E-state index contributed by atoms with van der Waals surface area (Å²) >= 11 is 1.30. The molecule has 3 aromatic rings. The Kier molecular flexibility index (Phi) is 5.40. The molecule has 0 fully saturated rings. The Labute approximate surface area is 149 Å². The van der Waals surface area contributed by atoms with Crippen LogP contribution in [0.1, 0.15) is 18.2 Å². The van der Waals surface area contributed by atoms with E-state index in [0.29, 0.717) is 17.4 Å². The number of thiazole rings is 1. The van der Waals surface area contributed by atoms with Gasteiger partial charge in [0, 0.05) is 5.38 Å². The first-order valence-electron chi connectivity index (χ1n) is 8.01. The zero-order valence-corrected chi connectivity index (χ0v) is 14.6. The molecule has 0 unspecified atom stereocenters. The van der Waals surface area contributed by atoms with E-state index in [2.05, 4.69) is 10.3 Å². The van der Waals surface area contributed by atoms with Crippen LogP contribution in [-0.2, 0) is 27.2 Å². The largest absolute Gasteiger partial charge is 0.466 e. The van der Waals surface area contributed by atoms with Crippen molar-refractivity contribution < 1.29 is 14.3 Å². The highest BCUT2D eigenvalue weighted by molar-refractivity contribution is 7.13. The van der Waals surface area contributed by atoms with Crippen molar-refractivity contribution in [3.63, 3.8) is 0 Å². The lowest BCUT2D eigenvalue weighted by molar-refractivity contribution is -0.142. The average molecular weight is 354 g/mol. The number of benzene rings is 2. The first-order valence-corrected chi connectivity index (χ1v) is 8.89. The zero-order chi connectivity index (χ0) is 17.6. The lowest BCUT2D eigenvalue weighted by Gasteiger charge is -2.04. The van der Waals surface area contributed by atoms with Crippen molar-refractivity contribution in [3.05, 3.63) is 59.1 Å². The Hall–Kier alpha value is -2.73. The molecule has 5 nitrogen and oxygen atoms in total. The van der Waals surface area contributed by atoms with Gasteiger partial charge in [-0.15, -0.1) is 11.3 Å². The van der Waals surface area contributed by atoms with Gasteiger partial charge in [0.15, 0.2) is 5.13 Å². The van der Waals surface area contributed by atoms with Gasteiger partial charge in [-0.3, -0.25) is 9.59 Å². The summed E-state index contributed by atoms with van der Waals surface area (Å²) in [5, 5.41) is 7.28. The van der Waals surface area contributed by atoms with Gasteiger partial charge in [0.2, 0.25) is 5.91 Å². The summed E-state index contributed by atoms with van der Waals surface area (Å²) in [6, 6.07) is 14.0. The molecule has 0 aliphatic carbocycles. The molecule has 0 aliphatic heterocycles. The van der Waals surface area contributed by atoms with Crippen molar-refractivity contribution in [3.8, 4) is 0 Å². The maximum absolute atomic E-state index is 12.2. The minimum Gasteiger partial charge on any atom is -0.466 e. The third kappa shape index (κ3) is 4.64. The van der Waals surface area contributed by atoms with Crippen LogP contribution in [0.25, 0.3) is 10.8 Å². The van der Waals surface area contributed by atoms with Crippen LogP contribution in [0.5, 0.6) is 0 Å². The van der Waals surface area contributed by atoms with Crippen molar-refractivity contribution in [1.82, 2.24) is 4.98 Å². The van der Waals surface area contributed by atoms with Crippen LogP contribution in [0.3, 0.4) is 0 Å². The highest BCUT2D eigenvalue weighted by Crippen LogP contribution is 2.18. The number of nitrogens with one attached hydrogen (secondary N) is 1. The Morgan fingerprint density at radius 3 is 2.72 bits per heavy atom. The van der Waals surface area contributed by atoms with E-state index in [1.807, 2.05) is 42.5 Å². The molecule has 2 aromatic carbocycles. The molecule has 0 spiro atoms. The van der Waals surface area contributed by atoms with E-state index in [-0.39, 0.29) is 24.7 Å². The second-order valence-corrected chi connectivity index (χ2v) is 6.39. The van der Waals surface area contributed by atoms with E-state index >= 15 is 0 Å². The number of nitrogens with zero attached hydrogens (tertiary/aromatic N) is 1. The van der Waals surface area contributed by atoms with Gasteiger partial charge in [-0.2, -0.15) is 0 Å². The minimum absolute atomic E-state index is 0.116. The zero-order valence-electron chi connectivity index (χ0n) is 13.8. The molecule has 0 radical (unpaired) electrons. The fraction of sp³-hybridized carbons (Fsp3) is 0.211. The highest BCUT2D eigenvalue weighted by atomic mass is 32.1. The summed E-state index contributed by atoms with van der Waals surface area (Å²) in [5.41, 5.74) is 1.55. The fourth-order valence-corrected chi connectivity index (χ4v) is 3.23. The number of carbonyl (C=O) groups excluding carboxylic acids is 2. The SMILES string of the molecule is CCOC(=O)Cc1csc(NC(=O)Cc2ccc3ccccc3c2)n1. The van der Waals surface area contributed by atoms with Crippen molar-refractivity contribution in [2.24, 2.45) is 0 Å². The molecule has 1 aromatic heterocycles. The summed E-state index contributed by atoms with van der Waals surface area (Å²) < 4.78 is 4.89. The van der Waals surface area contributed by atoms with Gasteiger partial charge in [-0.05, 0) is 23.3 Å². The average Bonchev–Trinajstić information content (AvgIpc) is 3.01. The number of rotatable bonds is 6. The standard InChI is InChI=1S/C19H18N2O3S/c1-2-24-18(23)11-16-12-25-19(20-16)21-17(22)10-13-7-8-14-5-3-4-6-15(14)9-13/h3-9,12H,2,10-11H2,1H3,(H,20,21,22). The Bertz CT molecular complexity index is 904. The molecule has 0 saturated carbocycles. The molecule has 0 bridgehead atoms. The van der Waals surface area contributed by atoms with Gasteiger partial charge in [0.1, 0.15) is 0 Å². The summed E-state index contributed by atoms with van der Waals surface area (Å²) in [4.78, 5) is 27.9. The number of aromatic nitrogens is 1. The van der Waals surface area contributed by atoms with E-state index in [1.54, 1.807) is 12.3 Å². The molecule has 1 N–H and O–H groups in total. The van der Waals surface area contributed by atoms with E-state index < -0.39 is 0 Å². The van der Waals surface area contributed by atoms with Crippen molar-refractivity contribution >= 4 is 39.1 Å². The summed E-state index contributed by atoms with van der Waals surface area (Å²) in [5.74, 6) is -0.450. The number of ether oxygens (including phenoxy) is 1. The number of fused-ring (bicyclic) bond motifs is 1. The number of hydrogen-bond acceptors (Lipinski definition) is 5. The molecule has 3 rings (SSSR count). The second kappa shape index (κ2) is 7.90. The van der Waals surface area contributed by atoms with Gasteiger partial charge >= 0.3 is 5.97 Å². The molecular formula is C19H18N2O3S. The number of hydrogen-bond donors (Lipinski definition) is 1. The Morgan fingerprint density at radius 2 is 1.92 bits per heavy atom. The molecular weight excluding hydrogens is 336 g/mol. The quantitative estimate of drug-likeness (QED) is 0.687. The van der Waals surface area contributed by atoms with Crippen molar-refractivity contribution in [2.75, 3.05) is 11.9 Å². The molecule has 0 saturated heterocycles. The van der Waals surface area contributed by atoms with Crippen LogP contribution < -0.4 is 5.32 Å².